The van der Waals surface area contributed by atoms with Crippen molar-refractivity contribution in [1.82, 2.24) is 10.4 Å². The molecule has 0 spiro atoms. The summed E-state index contributed by atoms with van der Waals surface area (Å²) in [5.74, 6) is -0.774. The molecule has 0 aromatic heterocycles. The molecule has 138 valence electrons. The third-order valence-corrected chi connectivity index (χ3v) is 6.12. The van der Waals surface area contributed by atoms with E-state index in [0.29, 0.717) is 13.5 Å². The maximum atomic E-state index is 12.6. The van der Waals surface area contributed by atoms with Gasteiger partial charge in [-0.05, 0) is 83.2 Å². The van der Waals surface area contributed by atoms with Gasteiger partial charge in [-0.2, -0.15) is 5.01 Å². The summed E-state index contributed by atoms with van der Waals surface area (Å²) in [4.78, 5) is 25.5. The van der Waals surface area contributed by atoms with E-state index in [9.17, 15) is 14.7 Å². The maximum Gasteiger partial charge on any atom is 0.285 e. The number of benzene rings is 2. The van der Waals surface area contributed by atoms with Crippen LogP contribution in [0.5, 0.6) is 5.75 Å². The molecule has 9 heteroatoms. The second-order valence-electron chi connectivity index (χ2n) is 5.65. The average Bonchev–Trinajstić information content (AvgIpc) is 2.85. The van der Waals surface area contributed by atoms with Crippen molar-refractivity contribution in [3.63, 3.8) is 0 Å². The number of nitrogens with one attached hydrogen (secondary N) is 1. The molecule has 0 radical (unpaired) electrons. The number of halogens is 2. The van der Waals surface area contributed by atoms with E-state index in [1.807, 2.05) is 29.5 Å². The van der Waals surface area contributed by atoms with Crippen LogP contribution >= 0.6 is 58.2 Å². The molecule has 0 bridgehead atoms. The van der Waals surface area contributed by atoms with E-state index >= 15 is 0 Å². The van der Waals surface area contributed by atoms with Gasteiger partial charge in [0.1, 0.15) is 5.75 Å². The number of thioether (sulfide) groups is 1. The zero-order chi connectivity index (χ0) is 19.7. The highest BCUT2D eigenvalue weighted by Crippen LogP contribution is 2.32. The molecule has 1 aliphatic rings. The molecule has 0 atom stereocenters. The smallest absolute Gasteiger partial charge is 0.285 e. The molecule has 2 aromatic rings. The van der Waals surface area contributed by atoms with Crippen molar-refractivity contribution in [3.8, 4) is 5.75 Å². The van der Waals surface area contributed by atoms with Crippen LogP contribution in [0, 0.1) is 10.5 Å². The Labute approximate surface area is 183 Å². The fourth-order valence-corrected chi connectivity index (χ4v) is 4.33. The summed E-state index contributed by atoms with van der Waals surface area (Å²) < 4.78 is 0.885. The molecule has 1 heterocycles. The van der Waals surface area contributed by atoms with E-state index in [-0.39, 0.29) is 15.6 Å². The van der Waals surface area contributed by atoms with Gasteiger partial charge in [0.15, 0.2) is 4.32 Å². The first-order valence-corrected chi connectivity index (χ1v) is 10.3. The SMILES string of the molecule is Cc1ccc(C(=O)NN2C(=O)/C(=C/c3ccc(O)c(I)c3)SC2=S)c(Cl)c1. The van der Waals surface area contributed by atoms with Gasteiger partial charge in [-0.15, -0.1) is 0 Å². The monoisotopic (exact) mass is 530 g/mol. The lowest BCUT2D eigenvalue weighted by Gasteiger charge is -2.16. The topological polar surface area (TPSA) is 69.6 Å². The van der Waals surface area contributed by atoms with Crippen molar-refractivity contribution in [1.29, 1.82) is 0 Å². The molecule has 2 N–H and O–H groups in total. The largest absolute Gasteiger partial charge is 0.507 e. The first kappa shape index (κ1) is 20.1. The first-order chi connectivity index (χ1) is 12.8. The number of carbonyl (C=O) groups excluding carboxylic acids is 2. The Hall–Kier alpha value is -1.62. The van der Waals surface area contributed by atoms with E-state index < -0.39 is 11.8 Å². The van der Waals surface area contributed by atoms with Gasteiger partial charge in [-0.25, -0.2) is 0 Å². The third kappa shape index (κ3) is 4.45. The molecule has 2 amide bonds. The Bertz CT molecular complexity index is 1010. The lowest BCUT2D eigenvalue weighted by molar-refractivity contribution is -0.123. The van der Waals surface area contributed by atoms with Crippen LogP contribution in [-0.2, 0) is 4.79 Å². The molecular formula is C18H12ClIN2O3S2. The number of thiocarbonyl (C=S) groups is 1. The average molecular weight is 531 g/mol. The predicted octanol–water partition coefficient (Wildman–Crippen LogP) is 4.50. The van der Waals surface area contributed by atoms with Crippen molar-refractivity contribution >= 4 is 80.4 Å². The Morgan fingerprint density at radius 1 is 1.33 bits per heavy atom. The minimum atomic E-state index is -0.517. The Morgan fingerprint density at radius 3 is 2.74 bits per heavy atom. The molecule has 1 fully saturated rings. The fraction of sp³-hybridized carbons (Fsp3) is 0.0556. The molecule has 0 saturated carbocycles. The number of amides is 2. The van der Waals surface area contributed by atoms with Crippen LogP contribution in [0.2, 0.25) is 5.02 Å². The molecule has 0 aliphatic carbocycles. The second kappa shape index (κ2) is 8.17. The van der Waals surface area contributed by atoms with Crippen LogP contribution in [0.25, 0.3) is 6.08 Å². The molecule has 0 unspecified atom stereocenters. The standard InChI is InChI=1S/C18H12ClIN2O3S2/c1-9-2-4-11(12(19)6-9)16(24)21-22-17(25)15(27-18(22)26)8-10-3-5-14(23)13(20)7-10/h2-8,23H,1H3,(H,21,24)/b15-8-. The van der Waals surface area contributed by atoms with Crippen molar-refractivity contribution in [2.45, 2.75) is 6.92 Å². The van der Waals surface area contributed by atoms with Gasteiger partial charge in [-0.1, -0.05) is 35.5 Å². The Balaban J connectivity index is 1.80. The van der Waals surface area contributed by atoms with E-state index in [0.717, 1.165) is 27.9 Å². The van der Waals surface area contributed by atoms with Crippen LogP contribution in [0.1, 0.15) is 21.5 Å². The van der Waals surface area contributed by atoms with Gasteiger partial charge in [0.2, 0.25) is 0 Å². The van der Waals surface area contributed by atoms with Gasteiger partial charge >= 0.3 is 0 Å². The van der Waals surface area contributed by atoms with Gasteiger partial charge in [0, 0.05) is 0 Å². The van der Waals surface area contributed by atoms with E-state index in [1.54, 1.807) is 42.5 Å². The quantitative estimate of drug-likeness (QED) is 0.347. The van der Waals surface area contributed by atoms with Crippen molar-refractivity contribution < 1.29 is 14.7 Å². The van der Waals surface area contributed by atoms with Gasteiger partial charge < -0.3 is 5.11 Å². The highest BCUT2D eigenvalue weighted by Gasteiger charge is 2.34. The summed E-state index contributed by atoms with van der Waals surface area (Å²) >= 11 is 14.4. The summed E-state index contributed by atoms with van der Waals surface area (Å²) in [6.45, 7) is 1.87. The number of hydrazine groups is 1. The number of hydrogen-bond donors (Lipinski definition) is 2. The number of aromatic hydroxyl groups is 1. The lowest BCUT2D eigenvalue weighted by Crippen LogP contribution is -2.44. The third-order valence-electron chi connectivity index (χ3n) is 3.65. The Morgan fingerprint density at radius 2 is 2.07 bits per heavy atom. The van der Waals surface area contributed by atoms with Gasteiger partial charge in [-0.3, -0.25) is 15.0 Å². The molecular weight excluding hydrogens is 519 g/mol. The number of rotatable bonds is 3. The molecule has 27 heavy (non-hydrogen) atoms. The minimum Gasteiger partial charge on any atom is -0.507 e. The normalized spacial score (nSPS) is 15.5. The number of phenolic OH excluding ortho intramolecular Hbond substituents is 1. The fourth-order valence-electron chi connectivity index (χ4n) is 2.29. The number of carbonyl (C=O) groups is 2. The molecule has 1 saturated heterocycles. The first-order valence-electron chi connectivity index (χ1n) is 7.60. The van der Waals surface area contributed by atoms with Crippen molar-refractivity contribution in [2.75, 3.05) is 0 Å². The van der Waals surface area contributed by atoms with Crippen LogP contribution < -0.4 is 5.43 Å². The van der Waals surface area contributed by atoms with Gasteiger partial charge in [0.05, 0.1) is 19.1 Å². The number of aryl methyl sites for hydroxylation is 1. The van der Waals surface area contributed by atoms with Crippen molar-refractivity contribution in [2.24, 2.45) is 0 Å². The molecule has 1 aliphatic heterocycles. The summed E-state index contributed by atoms with van der Waals surface area (Å²) in [7, 11) is 0. The van der Waals surface area contributed by atoms with E-state index in [4.69, 9.17) is 23.8 Å². The number of hydrogen-bond acceptors (Lipinski definition) is 5. The molecule has 3 rings (SSSR count). The number of nitrogens with zero attached hydrogens (tertiary/aromatic N) is 1. The van der Waals surface area contributed by atoms with Gasteiger partial charge in [0.25, 0.3) is 11.8 Å². The van der Waals surface area contributed by atoms with E-state index in [2.05, 4.69) is 5.43 Å². The molecule has 5 nitrogen and oxygen atoms in total. The maximum absolute atomic E-state index is 12.6. The lowest BCUT2D eigenvalue weighted by atomic mass is 10.1. The Kier molecular flexibility index (Phi) is 6.09. The zero-order valence-electron chi connectivity index (χ0n) is 13.8. The number of phenols is 1. The highest BCUT2D eigenvalue weighted by molar-refractivity contribution is 14.1. The van der Waals surface area contributed by atoms with Crippen LogP contribution in [0.4, 0.5) is 0 Å². The van der Waals surface area contributed by atoms with Crippen LogP contribution in [0.15, 0.2) is 41.3 Å². The predicted molar refractivity (Wildman–Crippen MR) is 119 cm³/mol. The summed E-state index contributed by atoms with van der Waals surface area (Å²) in [5.41, 5.74) is 4.43. The van der Waals surface area contributed by atoms with Crippen LogP contribution in [0.3, 0.4) is 0 Å². The highest BCUT2D eigenvalue weighted by atomic mass is 127. The second-order valence-corrected chi connectivity index (χ2v) is 8.90. The van der Waals surface area contributed by atoms with Crippen molar-refractivity contribution in [3.05, 3.63) is 66.6 Å². The minimum absolute atomic E-state index is 0.169. The van der Waals surface area contributed by atoms with E-state index in [1.165, 1.54) is 0 Å². The zero-order valence-corrected chi connectivity index (χ0v) is 18.4. The summed E-state index contributed by atoms with van der Waals surface area (Å²) in [6, 6.07) is 10.0. The summed E-state index contributed by atoms with van der Waals surface area (Å²) in [6.07, 6.45) is 1.66. The van der Waals surface area contributed by atoms with Crippen LogP contribution in [-0.4, -0.2) is 26.3 Å². The summed E-state index contributed by atoms with van der Waals surface area (Å²) in [5, 5.41) is 10.9. The molecule has 2 aromatic carbocycles.